The van der Waals surface area contributed by atoms with Crippen molar-refractivity contribution in [2.24, 2.45) is 0 Å². The van der Waals surface area contributed by atoms with Crippen LogP contribution in [-0.2, 0) is 9.53 Å². The van der Waals surface area contributed by atoms with Crippen LogP contribution in [0.2, 0.25) is 0 Å². The highest BCUT2D eigenvalue weighted by Crippen LogP contribution is 2.24. The first-order valence-electron chi connectivity index (χ1n) is 6.84. The van der Waals surface area contributed by atoms with Crippen LogP contribution >= 0.6 is 0 Å². The third-order valence-electron chi connectivity index (χ3n) is 3.56. The summed E-state index contributed by atoms with van der Waals surface area (Å²) in [6, 6.07) is 8.36. The predicted molar refractivity (Wildman–Crippen MR) is 77.4 cm³/mol. The zero-order valence-electron chi connectivity index (χ0n) is 11.6. The van der Waals surface area contributed by atoms with E-state index in [0.717, 1.165) is 37.1 Å². The Balaban J connectivity index is 1.90. The quantitative estimate of drug-likeness (QED) is 0.877. The third kappa shape index (κ3) is 4.24. The highest BCUT2D eigenvalue weighted by Gasteiger charge is 2.20. The Hall–Kier alpha value is -1.55. The molecule has 0 spiro atoms. The second-order valence-electron chi connectivity index (χ2n) is 5.12. The van der Waals surface area contributed by atoms with Crippen LogP contribution in [0.5, 0.6) is 0 Å². The number of amides is 1. The molecule has 1 aliphatic rings. The number of ether oxygens (including phenoxy) is 1. The fraction of sp³-hybridized carbons (Fsp3) is 0.533. The van der Waals surface area contributed by atoms with E-state index in [4.69, 9.17) is 4.74 Å². The largest absolute Gasteiger partial charge is 0.382 e. The maximum atomic E-state index is 11.0. The van der Waals surface area contributed by atoms with Crippen molar-refractivity contribution in [2.75, 3.05) is 17.7 Å². The van der Waals surface area contributed by atoms with E-state index in [1.807, 2.05) is 24.3 Å². The van der Waals surface area contributed by atoms with Gasteiger partial charge in [-0.15, -0.1) is 0 Å². The molecule has 1 aromatic rings. The van der Waals surface area contributed by atoms with Gasteiger partial charge in [0, 0.05) is 31.5 Å². The molecule has 0 radical (unpaired) electrons. The Labute approximate surface area is 114 Å². The summed E-state index contributed by atoms with van der Waals surface area (Å²) in [5.41, 5.74) is 1.90. The molecular weight excluding hydrogens is 240 g/mol. The van der Waals surface area contributed by atoms with Crippen LogP contribution in [0.25, 0.3) is 0 Å². The summed E-state index contributed by atoms with van der Waals surface area (Å²) < 4.78 is 5.38. The molecule has 2 rings (SSSR count). The summed E-state index contributed by atoms with van der Waals surface area (Å²) in [5, 5.41) is 6.33. The molecule has 1 amide bonds. The van der Waals surface area contributed by atoms with Crippen LogP contribution < -0.4 is 10.6 Å². The van der Waals surface area contributed by atoms with Crippen LogP contribution in [0.1, 0.15) is 32.6 Å². The van der Waals surface area contributed by atoms with Crippen molar-refractivity contribution in [3.63, 3.8) is 0 Å². The van der Waals surface area contributed by atoms with Crippen LogP contribution in [-0.4, -0.2) is 25.2 Å². The molecule has 0 bridgehead atoms. The first-order valence-corrected chi connectivity index (χ1v) is 6.84. The zero-order chi connectivity index (χ0) is 13.7. The first kappa shape index (κ1) is 13.9. The van der Waals surface area contributed by atoms with Gasteiger partial charge in [-0.05, 0) is 43.9 Å². The molecule has 1 aliphatic carbocycles. The van der Waals surface area contributed by atoms with E-state index in [-0.39, 0.29) is 5.91 Å². The minimum absolute atomic E-state index is 0.0437. The Kier molecular flexibility index (Phi) is 4.80. The van der Waals surface area contributed by atoms with Crippen molar-refractivity contribution in [3.8, 4) is 0 Å². The van der Waals surface area contributed by atoms with E-state index in [9.17, 15) is 4.79 Å². The van der Waals surface area contributed by atoms with Crippen molar-refractivity contribution in [1.29, 1.82) is 0 Å². The monoisotopic (exact) mass is 262 g/mol. The summed E-state index contributed by atoms with van der Waals surface area (Å²) in [4.78, 5) is 11.0. The van der Waals surface area contributed by atoms with Crippen molar-refractivity contribution >= 4 is 17.3 Å². The SMILES string of the molecule is COC1CCC(Nc2cccc(NC(C)=O)c2)CC1. The molecule has 104 valence electrons. The first-order chi connectivity index (χ1) is 9.17. The Morgan fingerprint density at radius 3 is 2.53 bits per heavy atom. The minimum atomic E-state index is -0.0437. The molecular formula is C15H22N2O2. The second kappa shape index (κ2) is 6.57. The highest BCUT2D eigenvalue weighted by atomic mass is 16.5. The summed E-state index contributed by atoms with van der Waals surface area (Å²) in [5.74, 6) is -0.0437. The number of carbonyl (C=O) groups is 1. The summed E-state index contributed by atoms with van der Waals surface area (Å²) in [6.07, 6.45) is 4.90. The second-order valence-corrected chi connectivity index (χ2v) is 5.12. The van der Waals surface area contributed by atoms with E-state index >= 15 is 0 Å². The number of hydrogen-bond donors (Lipinski definition) is 2. The summed E-state index contributed by atoms with van der Waals surface area (Å²) >= 11 is 0. The Morgan fingerprint density at radius 1 is 1.21 bits per heavy atom. The zero-order valence-corrected chi connectivity index (χ0v) is 11.6. The van der Waals surface area contributed by atoms with Crippen molar-refractivity contribution in [1.82, 2.24) is 0 Å². The van der Waals surface area contributed by atoms with Gasteiger partial charge in [0.05, 0.1) is 6.10 Å². The maximum absolute atomic E-state index is 11.0. The lowest BCUT2D eigenvalue weighted by molar-refractivity contribution is -0.114. The Morgan fingerprint density at radius 2 is 1.89 bits per heavy atom. The number of hydrogen-bond acceptors (Lipinski definition) is 3. The molecule has 0 heterocycles. The van der Waals surface area contributed by atoms with Gasteiger partial charge >= 0.3 is 0 Å². The van der Waals surface area contributed by atoms with Crippen LogP contribution in [0.15, 0.2) is 24.3 Å². The fourth-order valence-corrected chi connectivity index (χ4v) is 2.57. The minimum Gasteiger partial charge on any atom is -0.382 e. The van der Waals surface area contributed by atoms with E-state index in [1.165, 1.54) is 6.92 Å². The molecule has 4 heteroatoms. The van der Waals surface area contributed by atoms with Gasteiger partial charge in [-0.25, -0.2) is 0 Å². The standard InChI is InChI=1S/C15H22N2O2/c1-11(18)16-13-4-3-5-14(10-13)17-12-6-8-15(19-2)9-7-12/h3-5,10,12,15,17H,6-9H2,1-2H3,(H,16,18). The lowest BCUT2D eigenvalue weighted by atomic mass is 9.93. The fourth-order valence-electron chi connectivity index (χ4n) is 2.57. The number of rotatable bonds is 4. The number of anilines is 2. The third-order valence-corrected chi connectivity index (χ3v) is 3.56. The molecule has 1 aromatic carbocycles. The van der Waals surface area contributed by atoms with Crippen LogP contribution in [0.4, 0.5) is 11.4 Å². The van der Waals surface area contributed by atoms with Crippen molar-refractivity contribution in [3.05, 3.63) is 24.3 Å². The van der Waals surface area contributed by atoms with E-state index in [2.05, 4.69) is 10.6 Å². The van der Waals surface area contributed by atoms with Gasteiger partial charge in [-0.2, -0.15) is 0 Å². The molecule has 0 aliphatic heterocycles. The van der Waals surface area contributed by atoms with Crippen molar-refractivity contribution in [2.45, 2.75) is 44.8 Å². The van der Waals surface area contributed by atoms with E-state index in [1.54, 1.807) is 7.11 Å². The molecule has 2 N–H and O–H groups in total. The smallest absolute Gasteiger partial charge is 0.221 e. The molecule has 4 nitrogen and oxygen atoms in total. The predicted octanol–water partition coefficient (Wildman–Crippen LogP) is 3.01. The average molecular weight is 262 g/mol. The van der Waals surface area contributed by atoms with Gasteiger partial charge in [0.25, 0.3) is 0 Å². The van der Waals surface area contributed by atoms with Gasteiger partial charge in [0.1, 0.15) is 0 Å². The van der Waals surface area contributed by atoms with Gasteiger partial charge in [-0.3, -0.25) is 4.79 Å². The number of nitrogens with one attached hydrogen (secondary N) is 2. The van der Waals surface area contributed by atoms with Crippen LogP contribution in [0, 0.1) is 0 Å². The lowest BCUT2D eigenvalue weighted by Crippen LogP contribution is -2.29. The molecule has 0 atom stereocenters. The van der Waals surface area contributed by atoms with Crippen molar-refractivity contribution < 1.29 is 9.53 Å². The normalized spacial score (nSPS) is 22.8. The molecule has 0 aromatic heterocycles. The lowest BCUT2D eigenvalue weighted by Gasteiger charge is -2.29. The van der Waals surface area contributed by atoms with Gasteiger partial charge in [0.15, 0.2) is 0 Å². The number of carbonyl (C=O) groups excluding carboxylic acids is 1. The molecule has 19 heavy (non-hydrogen) atoms. The van der Waals surface area contributed by atoms with E-state index in [0.29, 0.717) is 12.1 Å². The summed E-state index contributed by atoms with van der Waals surface area (Å²) in [6.45, 7) is 1.52. The van der Waals surface area contributed by atoms with Crippen LogP contribution in [0.3, 0.4) is 0 Å². The average Bonchev–Trinajstić information content (AvgIpc) is 2.39. The van der Waals surface area contributed by atoms with Gasteiger partial charge in [0.2, 0.25) is 5.91 Å². The number of methoxy groups -OCH3 is 1. The summed E-state index contributed by atoms with van der Waals surface area (Å²) in [7, 11) is 1.79. The maximum Gasteiger partial charge on any atom is 0.221 e. The van der Waals surface area contributed by atoms with Gasteiger partial charge < -0.3 is 15.4 Å². The molecule has 0 unspecified atom stereocenters. The van der Waals surface area contributed by atoms with Gasteiger partial charge in [-0.1, -0.05) is 6.07 Å². The number of benzene rings is 1. The topological polar surface area (TPSA) is 50.4 Å². The Bertz CT molecular complexity index is 426. The molecule has 1 saturated carbocycles. The molecule has 1 fully saturated rings. The molecule has 0 saturated heterocycles. The highest BCUT2D eigenvalue weighted by molar-refractivity contribution is 5.89. The van der Waals surface area contributed by atoms with E-state index < -0.39 is 0 Å².